The summed E-state index contributed by atoms with van der Waals surface area (Å²) in [5.74, 6) is 1.57. The Bertz CT molecular complexity index is 321. The normalized spacial score (nSPS) is 19.7. The molecule has 16 heavy (non-hydrogen) atoms. The fraction of sp³-hybridized carbons (Fsp3) is 0.538. The smallest absolute Gasteiger partial charge is 0.142 e. The lowest BCUT2D eigenvalue weighted by Gasteiger charge is -2.14. The zero-order valence-corrected chi connectivity index (χ0v) is 9.74. The summed E-state index contributed by atoms with van der Waals surface area (Å²) in [5.41, 5.74) is 1.08. The summed E-state index contributed by atoms with van der Waals surface area (Å²) in [4.78, 5) is 0. The summed E-state index contributed by atoms with van der Waals surface area (Å²) >= 11 is 0. The van der Waals surface area contributed by atoms with Crippen molar-refractivity contribution >= 4 is 5.69 Å². The van der Waals surface area contributed by atoms with E-state index in [1.54, 1.807) is 0 Å². The van der Waals surface area contributed by atoms with Crippen LogP contribution in [0.1, 0.15) is 13.3 Å². The fourth-order valence-electron chi connectivity index (χ4n) is 1.89. The molecule has 2 rings (SSSR count). The van der Waals surface area contributed by atoms with E-state index in [0.717, 1.165) is 37.6 Å². The van der Waals surface area contributed by atoms with E-state index in [9.17, 15) is 0 Å². The number of benzene rings is 1. The first-order valence-corrected chi connectivity index (χ1v) is 5.93. The molecule has 1 saturated heterocycles. The van der Waals surface area contributed by atoms with Gasteiger partial charge in [-0.2, -0.15) is 0 Å². The summed E-state index contributed by atoms with van der Waals surface area (Å²) in [7, 11) is 0. The Morgan fingerprint density at radius 3 is 3.06 bits per heavy atom. The third kappa shape index (κ3) is 2.89. The summed E-state index contributed by atoms with van der Waals surface area (Å²) in [6, 6.07) is 8.07. The Balaban J connectivity index is 1.91. The summed E-state index contributed by atoms with van der Waals surface area (Å²) in [6.07, 6.45) is 1.16. The van der Waals surface area contributed by atoms with Crippen molar-refractivity contribution in [3.63, 3.8) is 0 Å². The highest BCUT2D eigenvalue weighted by atomic mass is 16.5. The van der Waals surface area contributed by atoms with Crippen LogP contribution in [0.4, 0.5) is 5.69 Å². The van der Waals surface area contributed by atoms with Crippen molar-refractivity contribution in [2.45, 2.75) is 13.3 Å². The Morgan fingerprint density at radius 1 is 1.44 bits per heavy atom. The second-order valence-corrected chi connectivity index (χ2v) is 4.04. The molecule has 0 bridgehead atoms. The predicted molar refractivity (Wildman–Crippen MR) is 65.0 cm³/mol. The van der Waals surface area contributed by atoms with Gasteiger partial charge in [0.05, 0.1) is 18.9 Å². The molecular weight excluding hydrogens is 202 g/mol. The van der Waals surface area contributed by atoms with Crippen molar-refractivity contribution in [3.8, 4) is 5.75 Å². The summed E-state index contributed by atoms with van der Waals surface area (Å²) in [5, 5.41) is 3.44. The van der Waals surface area contributed by atoms with E-state index in [1.165, 1.54) is 0 Å². The van der Waals surface area contributed by atoms with Gasteiger partial charge in [0.1, 0.15) is 5.75 Å². The minimum Gasteiger partial charge on any atom is -0.492 e. The third-order valence-corrected chi connectivity index (χ3v) is 2.79. The van der Waals surface area contributed by atoms with Gasteiger partial charge in [0.2, 0.25) is 0 Å². The molecule has 1 fully saturated rings. The van der Waals surface area contributed by atoms with Gasteiger partial charge in [-0.3, -0.25) is 0 Å². The van der Waals surface area contributed by atoms with Gasteiger partial charge in [-0.05, 0) is 25.5 Å². The molecule has 0 aliphatic carbocycles. The van der Waals surface area contributed by atoms with E-state index >= 15 is 0 Å². The monoisotopic (exact) mass is 221 g/mol. The molecule has 0 radical (unpaired) electrons. The predicted octanol–water partition coefficient (Wildman–Crippen LogP) is 2.53. The maximum Gasteiger partial charge on any atom is 0.142 e. The number of anilines is 1. The second kappa shape index (κ2) is 5.75. The number of para-hydroxylation sites is 2. The van der Waals surface area contributed by atoms with E-state index in [-0.39, 0.29) is 0 Å². The van der Waals surface area contributed by atoms with Gasteiger partial charge >= 0.3 is 0 Å². The van der Waals surface area contributed by atoms with Gasteiger partial charge in [0, 0.05) is 19.1 Å². The Morgan fingerprint density at radius 2 is 2.31 bits per heavy atom. The molecule has 88 valence electrons. The molecule has 1 aliphatic heterocycles. The van der Waals surface area contributed by atoms with Crippen LogP contribution in [0.3, 0.4) is 0 Å². The number of rotatable bonds is 5. The van der Waals surface area contributed by atoms with Crippen LogP contribution in [-0.4, -0.2) is 26.4 Å². The number of hydrogen-bond donors (Lipinski definition) is 1. The molecule has 0 saturated carbocycles. The van der Waals surface area contributed by atoms with Crippen molar-refractivity contribution in [1.82, 2.24) is 0 Å². The van der Waals surface area contributed by atoms with E-state index in [4.69, 9.17) is 9.47 Å². The molecular formula is C13H19NO2. The SMILES string of the molecule is CCOc1ccccc1NCC1CCOC1. The van der Waals surface area contributed by atoms with Crippen molar-refractivity contribution in [2.75, 3.05) is 31.7 Å². The zero-order valence-electron chi connectivity index (χ0n) is 9.74. The maximum absolute atomic E-state index is 5.56. The lowest BCUT2D eigenvalue weighted by molar-refractivity contribution is 0.187. The van der Waals surface area contributed by atoms with Crippen molar-refractivity contribution in [1.29, 1.82) is 0 Å². The van der Waals surface area contributed by atoms with E-state index in [0.29, 0.717) is 12.5 Å². The highest BCUT2D eigenvalue weighted by molar-refractivity contribution is 5.56. The highest BCUT2D eigenvalue weighted by Gasteiger charge is 2.15. The van der Waals surface area contributed by atoms with Crippen molar-refractivity contribution in [2.24, 2.45) is 5.92 Å². The first kappa shape index (κ1) is 11.3. The number of nitrogens with one attached hydrogen (secondary N) is 1. The minimum atomic E-state index is 0.634. The van der Waals surface area contributed by atoms with E-state index in [2.05, 4.69) is 11.4 Å². The first-order valence-electron chi connectivity index (χ1n) is 5.93. The standard InChI is InChI=1S/C13H19NO2/c1-2-16-13-6-4-3-5-12(13)14-9-11-7-8-15-10-11/h3-6,11,14H,2,7-10H2,1H3. The molecule has 1 aromatic carbocycles. The van der Waals surface area contributed by atoms with E-state index in [1.807, 2.05) is 25.1 Å². The van der Waals surface area contributed by atoms with Crippen LogP contribution in [-0.2, 0) is 4.74 Å². The summed E-state index contributed by atoms with van der Waals surface area (Å²) in [6.45, 7) is 5.44. The number of hydrogen-bond acceptors (Lipinski definition) is 3. The second-order valence-electron chi connectivity index (χ2n) is 4.04. The zero-order chi connectivity index (χ0) is 11.2. The van der Waals surface area contributed by atoms with Crippen LogP contribution in [0.2, 0.25) is 0 Å². The number of ether oxygens (including phenoxy) is 2. The van der Waals surface area contributed by atoms with Crippen LogP contribution in [0.5, 0.6) is 5.75 Å². The third-order valence-electron chi connectivity index (χ3n) is 2.79. The lowest BCUT2D eigenvalue weighted by atomic mass is 10.1. The molecule has 0 amide bonds. The van der Waals surface area contributed by atoms with Gasteiger partial charge in [-0.1, -0.05) is 12.1 Å². The average molecular weight is 221 g/mol. The van der Waals surface area contributed by atoms with Crippen molar-refractivity contribution in [3.05, 3.63) is 24.3 Å². The average Bonchev–Trinajstić information content (AvgIpc) is 2.81. The minimum absolute atomic E-state index is 0.634. The molecule has 1 aromatic rings. The Hall–Kier alpha value is -1.22. The molecule has 1 heterocycles. The quantitative estimate of drug-likeness (QED) is 0.828. The van der Waals surface area contributed by atoms with Gasteiger partial charge < -0.3 is 14.8 Å². The largest absolute Gasteiger partial charge is 0.492 e. The van der Waals surface area contributed by atoms with Gasteiger partial charge in [-0.25, -0.2) is 0 Å². The molecule has 0 aromatic heterocycles. The molecule has 0 spiro atoms. The molecule has 1 N–H and O–H groups in total. The topological polar surface area (TPSA) is 30.5 Å². The van der Waals surface area contributed by atoms with Crippen LogP contribution in [0.25, 0.3) is 0 Å². The molecule has 3 nitrogen and oxygen atoms in total. The fourth-order valence-corrected chi connectivity index (χ4v) is 1.89. The molecule has 3 heteroatoms. The van der Waals surface area contributed by atoms with Gasteiger partial charge in [0.15, 0.2) is 0 Å². The van der Waals surface area contributed by atoms with Crippen molar-refractivity contribution < 1.29 is 9.47 Å². The van der Waals surface area contributed by atoms with E-state index < -0.39 is 0 Å². The van der Waals surface area contributed by atoms with Crippen LogP contribution >= 0.6 is 0 Å². The van der Waals surface area contributed by atoms with Crippen LogP contribution in [0.15, 0.2) is 24.3 Å². The Labute approximate surface area is 96.8 Å². The Kier molecular flexibility index (Phi) is 4.05. The highest BCUT2D eigenvalue weighted by Crippen LogP contribution is 2.24. The van der Waals surface area contributed by atoms with Crippen LogP contribution < -0.4 is 10.1 Å². The molecule has 1 unspecified atom stereocenters. The lowest BCUT2D eigenvalue weighted by Crippen LogP contribution is -2.14. The maximum atomic E-state index is 5.56. The van der Waals surface area contributed by atoms with Gasteiger partial charge in [0.25, 0.3) is 0 Å². The summed E-state index contributed by atoms with van der Waals surface area (Å²) < 4.78 is 10.9. The van der Waals surface area contributed by atoms with Gasteiger partial charge in [-0.15, -0.1) is 0 Å². The first-order chi connectivity index (χ1) is 7.90. The molecule has 1 atom stereocenters. The van der Waals surface area contributed by atoms with Crippen LogP contribution in [0, 0.1) is 5.92 Å². The molecule has 1 aliphatic rings.